The lowest BCUT2D eigenvalue weighted by atomic mass is 10.1. The second-order valence-electron chi connectivity index (χ2n) is 6.21. The molecule has 2 heterocycles. The molecule has 0 radical (unpaired) electrons. The van der Waals surface area contributed by atoms with Crippen LogP contribution in [0.25, 0.3) is 21.1 Å². The first-order valence-electron chi connectivity index (χ1n) is 8.51. The number of benzene rings is 2. The van der Waals surface area contributed by atoms with Crippen molar-refractivity contribution in [2.75, 3.05) is 6.54 Å². The van der Waals surface area contributed by atoms with Crippen LogP contribution in [0.4, 0.5) is 4.39 Å². The number of aryl methyl sites for hydroxylation is 2. The first-order valence-corrected chi connectivity index (χ1v) is 9.32. The van der Waals surface area contributed by atoms with Crippen molar-refractivity contribution in [1.29, 1.82) is 0 Å². The SMILES string of the molecule is Cc1c(C(=O)NCCCn2cnc3ccccc32)sc2cccc(F)c12. The van der Waals surface area contributed by atoms with E-state index in [1.54, 1.807) is 13.0 Å². The van der Waals surface area contributed by atoms with Crippen LogP contribution in [0.15, 0.2) is 48.8 Å². The summed E-state index contributed by atoms with van der Waals surface area (Å²) in [4.78, 5) is 17.4. The topological polar surface area (TPSA) is 46.9 Å². The molecule has 4 rings (SSSR count). The third-order valence-electron chi connectivity index (χ3n) is 4.50. The van der Waals surface area contributed by atoms with E-state index in [1.165, 1.54) is 17.4 Å². The number of fused-ring (bicyclic) bond motifs is 2. The number of carbonyl (C=O) groups is 1. The zero-order chi connectivity index (χ0) is 18.1. The number of rotatable bonds is 5. The fraction of sp³-hybridized carbons (Fsp3) is 0.200. The summed E-state index contributed by atoms with van der Waals surface area (Å²) in [6.45, 7) is 3.14. The second-order valence-corrected chi connectivity index (χ2v) is 7.26. The van der Waals surface area contributed by atoms with Crippen LogP contribution in [0.2, 0.25) is 0 Å². The number of nitrogens with one attached hydrogen (secondary N) is 1. The fourth-order valence-corrected chi connectivity index (χ4v) is 4.33. The van der Waals surface area contributed by atoms with E-state index in [0.717, 1.165) is 28.7 Å². The highest BCUT2D eigenvalue weighted by atomic mass is 32.1. The molecular weight excluding hydrogens is 349 g/mol. The molecule has 0 spiro atoms. The van der Waals surface area contributed by atoms with Crippen LogP contribution < -0.4 is 5.32 Å². The monoisotopic (exact) mass is 367 g/mol. The average molecular weight is 367 g/mol. The highest BCUT2D eigenvalue weighted by Gasteiger charge is 2.17. The van der Waals surface area contributed by atoms with Gasteiger partial charge in [0.2, 0.25) is 0 Å². The fourth-order valence-electron chi connectivity index (χ4n) is 3.19. The number of halogens is 1. The number of carbonyl (C=O) groups excluding carboxylic acids is 1. The Bertz CT molecular complexity index is 1100. The Hall–Kier alpha value is -2.73. The van der Waals surface area contributed by atoms with Crippen LogP contribution in [0.1, 0.15) is 21.7 Å². The molecule has 2 aromatic heterocycles. The predicted molar refractivity (Wildman–Crippen MR) is 103 cm³/mol. The zero-order valence-corrected chi connectivity index (χ0v) is 15.1. The van der Waals surface area contributed by atoms with Crippen molar-refractivity contribution < 1.29 is 9.18 Å². The molecule has 6 heteroatoms. The van der Waals surface area contributed by atoms with Crippen molar-refractivity contribution in [3.8, 4) is 0 Å². The van der Waals surface area contributed by atoms with Crippen LogP contribution in [-0.4, -0.2) is 22.0 Å². The van der Waals surface area contributed by atoms with Crippen LogP contribution in [0.5, 0.6) is 0 Å². The highest BCUT2D eigenvalue weighted by Crippen LogP contribution is 2.32. The molecule has 0 bridgehead atoms. The molecule has 1 N–H and O–H groups in total. The lowest BCUT2D eigenvalue weighted by Crippen LogP contribution is -2.25. The number of imidazole rings is 1. The van der Waals surface area contributed by atoms with Gasteiger partial charge in [-0.05, 0) is 43.2 Å². The van der Waals surface area contributed by atoms with Gasteiger partial charge in [-0.3, -0.25) is 4.79 Å². The van der Waals surface area contributed by atoms with Crippen LogP contribution in [0, 0.1) is 12.7 Å². The molecular formula is C20H18FN3OS. The van der Waals surface area contributed by atoms with Gasteiger partial charge >= 0.3 is 0 Å². The van der Waals surface area contributed by atoms with Gasteiger partial charge in [-0.1, -0.05) is 18.2 Å². The van der Waals surface area contributed by atoms with Gasteiger partial charge in [-0.15, -0.1) is 11.3 Å². The van der Waals surface area contributed by atoms with Crippen molar-refractivity contribution >= 4 is 38.4 Å². The molecule has 132 valence electrons. The third-order valence-corrected chi connectivity index (χ3v) is 5.75. The van der Waals surface area contributed by atoms with Gasteiger partial charge < -0.3 is 9.88 Å². The Morgan fingerprint density at radius 2 is 2.08 bits per heavy atom. The molecule has 0 atom stereocenters. The van der Waals surface area contributed by atoms with Gasteiger partial charge in [-0.2, -0.15) is 0 Å². The number of aromatic nitrogens is 2. The van der Waals surface area contributed by atoms with Crippen molar-refractivity contribution in [1.82, 2.24) is 14.9 Å². The van der Waals surface area contributed by atoms with E-state index in [4.69, 9.17) is 0 Å². The lowest BCUT2D eigenvalue weighted by Gasteiger charge is -2.06. The molecule has 0 unspecified atom stereocenters. The number of nitrogens with zero attached hydrogens (tertiary/aromatic N) is 2. The minimum atomic E-state index is -0.276. The van der Waals surface area contributed by atoms with E-state index in [-0.39, 0.29) is 11.7 Å². The van der Waals surface area contributed by atoms with E-state index >= 15 is 0 Å². The zero-order valence-electron chi connectivity index (χ0n) is 14.3. The first-order chi connectivity index (χ1) is 12.6. The summed E-state index contributed by atoms with van der Waals surface area (Å²) in [6.07, 6.45) is 2.62. The molecule has 0 aliphatic rings. The summed E-state index contributed by atoms with van der Waals surface area (Å²) in [7, 11) is 0. The number of hydrogen-bond acceptors (Lipinski definition) is 3. The van der Waals surface area contributed by atoms with Crippen molar-refractivity contribution in [3.63, 3.8) is 0 Å². The van der Waals surface area contributed by atoms with Crippen molar-refractivity contribution in [3.05, 3.63) is 65.0 Å². The molecule has 0 aliphatic heterocycles. The van der Waals surface area contributed by atoms with Crippen LogP contribution in [0.3, 0.4) is 0 Å². The number of amides is 1. The van der Waals surface area contributed by atoms with E-state index in [2.05, 4.69) is 14.9 Å². The summed E-state index contributed by atoms with van der Waals surface area (Å²) in [5.41, 5.74) is 2.77. The number of para-hydroxylation sites is 2. The summed E-state index contributed by atoms with van der Waals surface area (Å²) >= 11 is 1.34. The Morgan fingerprint density at radius 1 is 1.23 bits per heavy atom. The van der Waals surface area contributed by atoms with Gasteiger partial charge in [0.25, 0.3) is 5.91 Å². The third kappa shape index (κ3) is 2.97. The maximum Gasteiger partial charge on any atom is 0.261 e. The Kier molecular flexibility index (Phi) is 4.42. The summed E-state index contributed by atoms with van der Waals surface area (Å²) in [6, 6.07) is 12.9. The largest absolute Gasteiger partial charge is 0.351 e. The maximum absolute atomic E-state index is 14.0. The Balaban J connectivity index is 1.40. The molecule has 1 amide bonds. The molecule has 0 fully saturated rings. The van der Waals surface area contributed by atoms with Crippen LogP contribution >= 0.6 is 11.3 Å². The average Bonchev–Trinajstić information content (AvgIpc) is 3.21. The van der Waals surface area contributed by atoms with E-state index in [0.29, 0.717) is 22.4 Å². The molecule has 4 nitrogen and oxygen atoms in total. The summed E-state index contributed by atoms with van der Waals surface area (Å²) < 4.78 is 16.9. The Labute approximate surface area is 154 Å². The van der Waals surface area contributed by atoms with Gasteiger partial charge in [0.15, 0.2) is 0 Å². The van der Waals surface area contributed by atoms with Gasteiger partial charge in [-0.25, -0.2) is 9.37 Å². The normalized spacial score (nSPS) is 11.3. The Morgan fingerprint density at radius 3 is 2.92 bits per heavy atom. The summed E-state index contributed by atoms with van der Waals surface area (Å²) in [5.74, 6) is -0.416. The van der Waals surface area contributed by atoms with Crippen LogP contribution in [-0.2, 0) is 6.54 Å². The van der Waals surface area contributed by atoms with E-state index in [1.807, 2.05) is 36.7 Å². The molecule has 0 saturated carbocycles. The quantitative estimate of drug-likeness (QED) is 0.527. The van der Waals surface area contributed by atoms with Crippen molar-refractivity contribution in [2.24, 2.45) is 0 Å². The molecule has 0 saturated heterocycles. The minimum Gasteiger partial charge on any atom is -0.351 e. The van der Waals surface area contributed by atoms with E-state index < -0.39 is 0 Å². The van der Waals surface area contributed by atoms with Gasteiger partial charge in [0, 0.05) is 23.2 Å². The molecule has 0 aliphatic carbocycles. The van der Waals surface area contributed by atoms with Crippen molar-refractivity contribution in [2.45, 2.75) is 19.9 Å². The van der Waals surface area contributed by atoms with Gasteiger partial charge in [0.05, 0.1) is 22.2 Å². The summed E-state index contributed by atoms with van der Waals surface area (Å²) in [5, 5.41) is 3.49. The molecule has 26 heavy (non-hydrogen) atoms. The highest BCUT2D eigenvalue weighted by molar-refractivity contribution is 7.21. The van der Waals surface area contributed by atoms with Gasteiger partial charge in [0.1, 0.15) is 5.82 Å². The number of thiophene rings is 1. The number of hydrogen-bond donors (Lipinski definition) is 1. The molecule has 4 aromatic rings. The second kappa shape index (κ2) is 6.88. The maximum atomic E-state index is 14.0. The first kappa shape index (κ1) is 16.7. The minimum absolute atomic E-state index is 0.140. The lowest BCUT2D eigenvalue weighted by molar-refractivity contribution is 0.0956. The van der Waals surface area contributed by atoms with E-state index in [9.17, 15) is 9.18 Å². The predicted octanol–water partition coefficient (Wildman–Crippen LogP) is 4.52. The smallest absolute Gasteiger partial charge is 0.261 e. The standard InChI is InChI=1S/C20H18FN3OS/c1-13-18-14(21)6-4-9-17(18)26-19(13)20(25)22-10-5-11-24-12-23-15-7-2-3-8-16(15)24/h2-4,6-9,12H,5,10-11H2,1H3,(H,22,25). The molecule has 2 aromatic carbocycles.